The molecule has 0 saturated carbocycles. The summed E-state index contributed by atoms with van der Waals surface area (Å²) in [4.78, 5) is 0. The van der Waals surface area contributed by atoms with E-state index >= 15 is 0 Å². The first-order chi connectivity index (χ1) is 40.5. The zero-order valence-electron chi connectivity index (χ0n) is 45.4. The van der Waals surface area contributed by atoms with E-state index in [0.29, 0.717) is 0 Å². The first kappa shape index (κ1) is 67.9. The van der Waals surface area contributed by atoms with Crippen molar-refractivity contribution in [2.45, 2.75) is 240 Å². The Morgan fingerprint density at radius 1 is 0.271 bits per heavy atom. The van der Waals surface area contributed by atoms with Gasteiger partial charge in [0, 0.05) is 27.8 Å². The molecule has 15 unspecified atom stereocenters. The van der Waals surface area contributed by atoms with Crippen molar-refractivity contribution >= 4 is 0 Å². The van der Waals surface area contributed by atoms with E-state index in [4.69, 9.17) is 90.0 Å². The van der Waals surface area contributed by atoms with Crippen LogP contribution in [0, 0.1) is 0 Å². The number of hydrogen-bond acceptors (Lipinski definition) is 38. The Morgan fingerprint density at radius 2 is 0.541 bits per heavy atom. The number of aliphatic hydroxyl groups is 19. The van der Waals surface area contributed by atoms with Crippen LogP contribution in [0.5, 0.6) is 0 Å². The summed E-state index contributed by atoms with van der Waals surface area (Å²) in [7, 11) is 3.31. The van der Waals surface area contributed by atoms with Crippen LogP contribution in [0.3, 0.4) is 0 Å². The van der Waals surface area contributed by atoms with E-state index in [0.717, 1.165) is 21.3 Å². The molecule has 85 heavy (non-hydrogen) atoms. The molecule has 0 spiro atoms. The molecule has 30 rings (SSSR count). The average molecular weight is 1250 g/mol. The number of methoxy groups -OCH3 is 3. The van der Waals surface area contributed by atoms with E-state index in [9.17, 15) is 97.0 Å². The maximum absolute atomic E-state index is 11.4. The Labute approximate surface area is 481 Å². The van der Waals surface area contributed by atoms with Crippen molar-refractivity contribution in [2.24, 2.45) is 0 Å². The topological polar surface area (TPSA) is 560 Å². The lowest BCUT2D eigenvalue weighted by atomic mass is 9.95. The molecule has 0 aromatic carbocycles. The molecular weight excluding hydrogens is 1170 g/mol. The predicted octanol–water partition coefficient (Wildman–Crippen LogP) is -13.9. The van der Waals surface area contributed by atoms with Gasteiger partial charge >= 0.3 is 0 Å². The molecule has 38 nitrogen and oxygen atoms in total. The van der Waals surface area contributed by atoms with Crippen molar-refractivity contribution in [1.29, 1.82) is 0 Å². The lowest BCUT2D eigenvalue weighted by molar-refractivity contribution is -0.424. The number of hydrogen-bond donors (Lipinski definition) is 19. The van der Waals surface area contributed by atoms with E-state index in [-0.39, 0.29) is 0 Å². The van der Waals surface area contributed by atoms with Crippen molar-refractivity contribution in [3.05, 3.63) is 0 Å². The van der Waals surface area contributed by atoms with E-state index in [1.165, 1.54) is 0 Å². The van der Waals surface area contributed by atoms with Gasteiger partial charge < -0.3 is 187 Å². The Morgan fingerprint density at radius 3 is 0.906 bits per heavy atom. The predicted molar refractivity (Wildman–Crippen MR) is 253 cm³/mol. The van der Waals surface area contributed by atoms with Crippen LogP contribution in [0.2, 0.25) is 0 Å². The fourth-order valence-electron chi connectivity index (χ4n) is 11.3. The van der Waals surface area contributed by atoms with Crippen LogP contribution in [0.4, 0.5) is 0 Å². The van der Waals surface area contributed by atoms with Gasteiger partial charge in [0.2, 0.25) is 0 Å². The molecule has 0 aromatic heterocycles. The zero-order valence-corrected chi connectivity index (χ0v) is 45.4. The van der Waals surface area contributed by atoms with Crippen LogP contribution in [0.15, 0.2) is 0 Å². The molecule has 494 valence electrons. The van der Waals surface area contributed by atoms with Crippen LogP contribution < -0.4 is 0 Å². The maximum Gasteiger partial charge on any atom is 0.189 e. The highest BCUT2D eigenvalue weighted by atomic mass is 16.8. The first-order valence-electron chi connectivity index (χ1n) is 27.2. The minimum atomic E-state index is -2.17. The highest BCUT2D eigenvalue weighted by Gasteiger charge is 2.59. The fourth-order valence-corrected chi connectivity index (χ4v) is 11.3. The molecule has 30 fully saturated rings. The average Bonchev–Trinajstić information content (AvgIpc) is 3.68. The summed E-state index contributed by atoms with van der Waals surface area (Å²) >= 11 is 0. The molecule has 0 radical (unpaired) electrons. The minimum absolute atomic E-state index is 0.466. The molecule has 38 heteroatoms. The Balaban J connectivity index is 0.952. The molecule has 0 aromatic rings. The monoisotopic (exact) mass is 1250 g/mol. The van der Waals surface area contributed by atoms with Gasteiger partial charge in [0.25, 0.3) is 0 Å². The summed E-state index contributed by atoms with van der Waals surface area (Å²) in [5.74, 6) is 0. The van der Waals surface area contributed by atoms with Crippen LogP contribution in [0.1, 0.15) is 6.42 Å². The van der Waals surface area contributed by atoms with Gasteiger partial charge in [-0.3, -0.25) is 0 Å². The summed E-state index contributed by atoms with van der Waals surface area (Å²) in [5.41, 5.74) is 0. The Kier molecular flexibility index (Phi) is 23.1. The number of ether oxygens (including phenoxy) is 19. The lowest BCUT2D eigenvalue weighted by Gasteiger charge is -2.49. The third kappa shape index (κ3) is 13.7. The smallest absolute Gasteiger partial charge is 0.189 e. The molecule has 30 aliphatic rings. The van der Waals surface area contributed by atoms with Gasteiger partial charge in [-0.25, -0.2) is 0 Å². The largest absolute Gasteiger partial charge is 0.394 e. The minimum Gasteiger partial charge on any atom is -0.394 e. The van der Waals surface area contributed by atoms with Crippen LogP contribution in [-0.4, -0.2) is 385 Å². The SMILES string of the molecule is COC1O[C@@H]2O[C@@H]3C(CO)O[C@H](O[C@@H]4C(CO)O[C@H](O[C@@H]5C(CO)O[C@H](O[C@@H]6CO[C@H](O[C@@H]7C(CO)O[C@H](O[C@@H]8C(OC)O[C@H](O[C@@H]9C(OC)O[C@H](O[C@H]1CC2O)C(O)[C@H]9O)C(O)[C@H]8O)C(O)[C@H]7O)C(O)[C@H]6O)C(O)[C@H]5O)C(O)[C@H]4O)C(O)[C@H]3O. The van der Waals surface area contributed by atoms with Crippen molar-refractivity contribution in [1.82, 2.24) is 0 Å². The molecule has 0 amide bonds. The molecule has 0 aliphatic carbocycles. The van der Waals surface area contributed by atoms with Crippen LogP contribution in [-0.2, 0) is 90.0 Å². The summed E-state index contributed by atoms with van der Waals surface area (Å²) in [6.45, 7) is -4.67. The molecule has 38 atom stereocenters. The number of aliphatic hydroxyl groups excluding tert-OH is 19. The molecular formula is C47H78O38. The molecule has 30 saturated heterocycles. The quantitative estimate of drug-likeness (QED) is 0.113. The third-order valence-electron chi connectivity index (χ3n) is 16.1. The Hall–Kier alpha value is -1.52. The molecule has 19 N–H and O–H groups in total. The lowest BCUT2D eigenvalue weighted by Crippen LogP contribution is -2.68. The third-order valence-corrected chi connectivity index (χ3v) is 16.1. The second-order valence-electron chi connectivity index (χ2n) is 21.6. The summed E-state index contributed by atoms with van der Waals surface area (Å²) in [6, 6.07) is 0. The second-order valence-corrected chi connectivity index (χ2v) is 21.6. The normalized spacial score (nSPS) is 55.1. The summed E-state index contributed by atoms with van der Waals surface area (Å²) < 4.78 is 108. The van der Waals surface area contributed by atoms with Gasteiger partial charge in [0.1, 0.15) is 165 Å². The van der Waals surface area contributed by atoms with E-state index in [1.54, 1.807) is 0 Å². The van der Waals surface area contributed by atoms with Crippen molar-refractivity contribution < 1.29 is 187 Å². The van der Waals surface area contributed by atoms with Gasteiger partial charge in [-0.1, -0.05) is 0 Å². The van der Waals surface area contributed by atoms with Gasteiger partial charge in [-0.15, -0.1) is 0 Å². The van der Waals surface area contributed by atoms with Gasteiger partial charge in [0.15, 0.2) is 69.2 Å². The highest BCUT2D eigenvalue weighted by molar-refractivity contribution is 5.00. The zero-order chi connectivity index (χ0) is 61.6. The van der Waals surface area contributed by atoms with E-state index in [2.05, 4.69) is 0 Å². The Bertz CT molecular complexity index is 2050. The van der Waals surface area contributed by atoms with Gasteiger partial charge in [-0.05, 0) is 0 Å². The summed E-state index contributed by atoms with van der Waals surface area (Å²) in [6.07, 6.45) is -72.2. The van der Waals surface area contributed by atoms with Crippen LogP contribution in [0.25, 0.3) is 0 Å². The van der Waals surface area contributed by atoms with Crippen LogP contribution >= 0.6 is 0 Å². The summed E-state index contributed by atoms with van der Waals surface area (Å²) in [5, 5.41) is 211. The van der Waals surface area contributed by atoms with Crippen molar-refractivity contribution in [2.75, 3.05) is 54.4 Å². The van der Waals surface area contributed by atoms with Gasteiger partial charge in [0.05, 0.1) is 33.0 Å². The fraction of sp³-hybridized carbons (Fsp3) is 1.00. The maximum atomic E-state index is 11.4. The first-order valence-corrected chi connectivity index (χ1v) is 27.2. The molecule has 30 aliphatic heterocycles. The van der Waals surface area contributed by atoms with Gasteiger partial charge in [-0.2, -0.15) is 0 Å². The standard InChI is InChI=1S/C47H78O38/c1-67-38-11-4-10(52)37(83-38)77-31-12(5-48)73-41(26(62)19(31)55)80-34-15(8-51)74-42(27(63)21(34)57)79-33-14(7-50)72-40(25(61)18(33)54)76-16-9-70-39(24(60)17(16)53)78-32-13(6-49)75-43(28(64)20(32)56)81-35-23(59)30(66)45(85-47(35)69-3)82-36-22(58)29(65)44(71-11)84-46(36)68-2/h10-66H,4-9H2,1-3H3/t10?,11-,12?,13?,14?,15?,16+,17-,18+,19+,20+,21+,22+,23+,24?,25?,26?,27?,28?,29?,30?,31+,32+,33+,34+,35-,36-,37-,38?,39+,40+,41+,42+,43+,44-,45-,46?,47?/m0/s1. The van der Waals surface area contributed by atoms with E-state index in [1.807, 2.05) is 0 Å². The molecule has 30 heterocycles. The highest BCUT2D eigenvalue weighted by Crippen LogP contribution is 2.39. The van der Waals surface area contributed by atoms with Crippen molar-refractivity contribution in [3.8, 4) is 0 Å². The second kappa shape index (κ2) is 29.0. The van der Waals surface area contributed by atoms with E-state index < -0.39 is 273 Å². The van der Waals surface area contributed by atoms with Crippen molar-refractivity contribution in [3.63, 3.8) is 0 Å². The molecule has 16 bridgehead atoms. The number of rotatable bonds is 7.